The summed E-state index contributed by atoms with van der Waals surface area (Å²) < 4.78 is 0. The van der Waals surface area contributed by atoms with Gasteiger partial charge in [-0.15, -0.1) is 11.8 Å². The molecule has 4 atom stereocenters. The Morgan fingerprint density at radius 3 is 1.06 bits per heavy atom. The van der Waals surface area contributed by atoms with Crippen LogP contribution in [-0.4, -0.2) is 54.6 Å². The highest BCUT2D eigenvalue weighted by Gasteiger charge is 2.39. The Morgan fingerprint density at radius 1 is 0.489 bits per heavy atom. The van der Waals surface area contributed by atoms with Gasteiger partial charge in [-0.25, -0.2) is 0 Å². The smallest absolute Gasteiger partial charge is 0.303 e. The van der Waals surface area contributed by atoms with Crippen molar-refractivity contribution in [1.29, 1.82) is 0 Å². The molecule has 0 aromatic carbocycles. The van der Waals surface area contributed by atoms with E-state index in [4.69, 9.17) is 10.2 Å². The molecule has 0 saturated heterocycles. The number of hydrogen-bond acceptors (Lipinski definition) is 7. The van der Waals surface area contributed by atoms with Gasteiger partial charge in [-0.3, -0.25) is 29.8 Å². The molecule has 47 heavy (non-hydrogen) atoms. The van der Waals surface area contributed by atoms with Crippen LogP contribution in [0.15, 0.2) is 0 Å². The van der Waals surface area contributed by atoms with E-state index in [0.29, 0.717) is 51.4 Å². The van der Waals surface area contributed by atoms with Gasteiger partial charge in [0.05, 0.1) is 10.5 Å². The third-order valence-electron chi connectivity index (χ3n) is 9.21. The quantitative estimate of drug-likeness (QED) is 0.0370. The molecule has 0 aromatic heterocycles. The highest BCUT2D eigenvalue weighted by atomic mass is 32.2. The van der Waals surface area contributed by atoms with Crippen LogP contribution in [0.3, 0.4) is 0 Å². The number of carbonyl (C=O) groups is 2. The summed E-state index contributed by atoms with van der Waals surface area (Å²) in [7, 11) is 0. The zero-order chi connectivity index (χ0) is 35.1. The molecule has 2 N–H and O–H groups in total. The zero-order valence-corrected chi connectivity index (χ0v) is 30.6. The lowest BCUT2D eigenvalue weighted by Gasteiger charge is -2.28. The lowest BCUT2D eigenvalue weighted by molar-refractivity contribution is -0.524. The van der Waals surface area contributed by atoms with E-state index in [9.17, 15) is 29.8 Å². The van der Waals surface area contributed by atoms with Crippen molar-refractivity contribution < 1.29 is 29.6 Å². The lowest BCUT2D eigenvalue weighted by atomic mass is 9.99. The Morgan fingerprint density at radius 2 is 0.766 bits per heavy atom. The molecule has 11 heteroatoms. The van der Waals surface area contributed by atoms with Crippen LogP contribution in [0.2, 0.25) is 0 Å². The molecule has 0 aliphatic heterocycles. The molecule has 0 bridgehead atoms. The molecule has 0 fully saturated rings. The Balaban J connectivity index is 5.65. The van der Waals surface area contributed by atoms with Crippen molar-refractivity contribution in [1.82, 2.24) is 0 Å². The average molecular weight is 689 g/mol. The van der Waals surface area contributed by atoms with E-state index in [-0.39, 0.29) is 33.2 Å². The number of carboxylic acids is 2. The van der Waals surface area contributed by atoms with E-state index < -0.39 is 24.0 Å². The van der Waals surface area contributed by atoms with Crippen molar-refractivity contribution in [2.45, 2.75) is 216 Å². The maximum Gasteiger partial charge on any atom is 0.303 e. The summed E-state index contributed by atoms with van der Waals surface area (Å²) in [5, 5.41) is 42.2. The first-order valence-electron chi connectivity index (χ1n) is 19.0. The van der Waals surface area contributed by atoms with Crippen LogP contribution >= 0.6 is 11.8 Å². The van der Waals surface area contributed by atoms with Crippen LogP contribution in [0.5, 0.6) is 0 Å². The monoisotopic (exact) mass is 688 g/mol. The molecule has 0 rings (SSSR count). The van der Waals surface area contributed by atoms with Gasteiger partial charge in [0.15, 0.2) is 0 Å². The molecule has 0 aliphatic rings. The minimum Gasteiger partial charge on any atom is -0.481 e. The van der Waals surface area contributed by atoms with Crippen molar-refractivity contribution in [3.8, 4) is 0 Å². The van der Waals surface area contributed by atoms with Crippen LogP contribution in [0.1, 0.15) is 194 Å². The van der Waals surface area contributed by atoms with Gasteiger partial charge < -0.3 is 10.2 Å². The van der Waals surface area contributed by atoms with Gasteiger partial charge in [0.1, 0.15) is 0 Å². The van der Waals surface area contributed by atoms with E-state index in [1.807, 2.05) is 0 Å². The summed E-state index contributed by atoms with van der Waals surface area (Å²) in [5.41, 5.74) is 0. The molecule has 4 unspecified atom stereocenters. The number of nitro groups is 2. The second-order valence-corrected chi connectivity index (χ2v) is 14.9. The average Bonchev–Trinajstić information content (AvgIpc) is 3.01. The number of nitrogens with zero attached hydrogens (tertiary/aromatic N) is 2. The van der Waals surface area contributed by atoms with Gasteiger partial charge in [0.2, 0.25) is 12.1 Å². The van der Waals surface area contributed by atoms with Gasteiger partial charge in [-0.1, -0.05) is 129 Å². The maximum absolute atomic E-state index is 12.5. The minimum atomic E-state index is -0.799. The van der Waals surface area contributed by atoms with E-state index >= 15 is 0 Å². The largest absolute Gasteiger partial charge is 0.481 e. The first-order chi connectivity index (χ1) is 22.6. The Hall–Kier alpha value is -1.91. The van der Waals surface area contributed by atoms with Crippen molar-refractivity contribution >= 4 is 23.7 Å². The van der Waals surface area contributed by atoms with Gasteiger partial charge in [0, 0.05) is 35.5 Å². The van der Waals surface area contributed by atoms with Crippen LogP contribution in [0.4, 0.5) is 0 Å². The molecule has 0 spiro atoms. The topological polar surface area (TPSA) is 161 Å². The number of unbranched alkanes of at least 4 members (excludes halogenated alkanes) is 18. The number of thioether (sulfide) groups is 1. The standard InChI is InChI=1S/C36H68N2O8S/c1-3-5-7-9-15-21-27-33(31(37(43)44)25-19-13-11-17-23-29-35(39)40)47-34(28-22-16-10-8-6-4-2)32(38(45)46)26-20-14-12-18-24-30-36(41)42/h31-34H,3-30H2,1-2H3,(H,39,40)(H,41,42). The van der Waals surface area contributed by atoms with E-state index in [1.54, 1.807) is 0 Å². The maximum atomic E-state index is 12.5. The first kappa shape index (κ1) is 45.1. The van der Waals surface area contributed by atoms with Crippen molar-refractivity contribution in [3.05, 3.63) is 20.2 Å². The third kappa shape index (κ3) is 26.7. The fourth-order valence-electron chi connectivity index (χ4n) is 6.35. The summed E-state index contributed by atoms with van der Waals surface area (Å²) in [6.45, 7) is 4.35. The lowest BCUT2D eigenvalue weighted by Crippen LogP contribution is -2.38. The van der Waals surface area contributed by atoms with Gasteiger partial charge in [0.25, 0.3) is 0 Å². The number of aliphatic carboxylic acids is 2. The molecule has 10 nitrogen and oxygen atoms in total. The van der Waals surface area contributed by atoms with Crippen LogP contribution in [0.25, 0.3) is 0 Å². The summed E-state index contributed by atoms with van der Waals surface area (Å²) in [4.78, 5) is 46.3. The first-order valence-corrected chi connectivity index (χ1v) is 19.9. The highest BCUT2D eigenvalue weighted by Crippen LogP contribution is 2.36. The van der Waals surface area contributed by atoms with E-state index in [1.165, 1.54) is 24.6 Å². The Labute approximate surface area is 289 Å². The molecule has 0 aromatic rings. The molecule has 276 valence electrons. The molecular formula is C36H68N2O8S. The molecule has 0 saturated carbocycles. The number of carboxylic acid groups (broad SMARTS) is 2. The normalized spacial score (nSPS) is 14.0. The summed E-state index contributed by atoms with van der Waals surface area (Å²) in [5.74, 6) is -1.60. The summed E-state index contributed by atoms with van der Waals surface area (Å²) >= 11 is 1.54. The zero-order valence-electron chi connectivity index (χ0n) is 29.8. The number of rotatable bonds is 36. The molecule has 0 heterocycles. The number of hydrogen-bond donors (Lipinski definition) is 2. The van der Waals surface area contributed by atoms with Crippen molar-refractivity contribution in [3.63, 3.8) is 0 Å². The Bertz CT molecular complexity index is 752. The molecule has 0 radical (unpaired) electrons. The molecule has 0 aliphatic carbocycles. The predicted octanol–water partition coefficient (Wildman–Crippen LogP) is 10.9. The summed E-state index contributed by atoms with van der Waals surface area (Å²) in [6.07, 6.45) is 23.2. The predicted molar refractivity (Wildman–Crippen MR) is 193 cm³/mol. The van der Waals surface area contributed by atoms with Gasteiger partial charge >= 0.3 is 11.9 Å². The van der Waals surface area contributed by atoms with E-state index in [0.717, 1.165) is 103 Å². The van der Waals surface area contributed by atoms with Crippen LogP contribution in [0, 0.1) is 20.2 Å². The highest BCUT2D eigenvalue weighted by molar-refractivity contribution is 8.00. The van der Waals surface area contributed by atoms with Crippen molar-refractivity contribution in [2.24, 2.45) is 0 Å². The van der Waals surface area contributed by atoms with Crippen LogP contribution in [-0.2, 0) is 9.59 Å². The second-order valence-electron chi connectivity index (χ2n) is 13.4. The van der Waals surface area contributed by atoms with Gasteiger partial charge in [-0.2, -0.15) is 0 Å². The molecular weight excluding hydrogens is 620 g/mol. The Kier molecular flexibility index (Phi) is 30.1. The van der Waals surface area contributed by atoms with E-state index in [2.05, 4.69) is 13.8 Å². The van der Waals surface area contributed by atoms with Gasteiger partial charge in [-0.05, 0) is 38.5 Å². The SMILES string of the molecule is CCCCCCCCC(SC(CCCCCCCC)C(CCCCCCCC(=O)O)[N+](=O)[O-])C(CCCCCCCC(=O)O)[N+](=O)[O-]. The third-order valence-corrected chi connectivity index (χ3v) is 11.0. The fourth-order valence-corrected chi connectivity index (χ4v) is 8.24. The second kappa shape index (κ2) is 31.4. The minimum absolute atomic E-state index is 0.140. The van der Waals surface area contributed by atoms with Crippen molar-refractivity contribution in [2.75, 3.05) is 0 Å². The molecule has 0 amide bonds. The summed E-state index contributed by atoms with van der Waals surface area (Å²) in [6, 6.07) is -1.49. The van der Waals surface area contributed by atoms with Crippen LogP contribution < -0.4 is 0 Å². The fraction of sp³-hybridized carbons (Fsp3) is 0.944.